The van der Waals surface area contributed by atoms with E-state index in [1.54, 1.807) is 6.07 Å². The number of rotatable bonds is 5. The van der Waals surface area contributed by atoms with E-state index < -0.39 is 5.82 Å². The first-order valence-electron chi connectivity index (χ1n) is 6.77. The number of nitrogens with two attached hydrogens (primary N) is 1. The lowest BCUT2D eigenvalue weighted by atomic mass is 10.1. The topological polar surface area (TPSA) is 60.2 Å². The number of hydrazine groups is 1. The summed E-state index contributed by atoms with van der Waals surface area (Å²) >= 11 is 0. The minimum Gasteiger partial charge on any atom is -0.491 e. The summed E-state index contributed by atoms with van der Waals surface area (Å²) in [6.45, 7) is 6.45. The average molecular weight is 277 g/mol. The Kier molecular flexibility index (Phi) is 4.39. The Labute approximate surface area is 118 Å². The van der Waals surface area contributed by atoms with Crippen LogP contribution in [-0.2, 0) is 6.42 Å². The van der Waals surface area contributed by atoms with Crippen molar-refractivity contribution in [2.24, 2.45) is 11.8 Å². The molecule has 0 saturated heterocycles. The first-order valence-corrected chi connectivity index (χ1v) is 6.77. The van der Waals surface area contributed by atoms with Crippen molar-refractivity contribution in [1.82, 2.24) is 4.98 Å². The number of hydrogen-bond donors (Lipinski definition) is 2. The van der Waals surface area contributed by atoms with Gasteiger partial charge in [0.15, 0.2) is 11.6 Å². The van der Waals surface area contributed by atoms with E-state index >= 15 is 0 Å². The van der Waals surface area contributed by atoms with E-state index in [0.717, 1.165) is 23.2 Å². The zero-order valence-corrected chi connectivity index (χ0v) is 12.0. The molecule has 4 nitrogen and oxygen atoms in total. The summed E-state index contributed by atoms with van der Waals surface area (Å²) in [6.07, 6.45) is 0.819. The van der Waals surface area contributed by atoms with Gasteiger partial charge in [-0.15, -0.1) is 0 Å². The second-order valence-electron chi connectivity index (χ2n) is 5.14. The molecule has 0 aliphatic carbocycles. The monoisotopic (exact) mass is 277 g/mol. The summed E-state index contributed by atoms with van der Waals surface area (Å²) < 4.78 is 19.2. The smallest absolute Gasteiger partial charge is 0.167 e. The number of nitrogens with zero attached hydrogens (tertiary/aromatic N) is 1. The molecule has 2 aromatic rings. The highest BCUT2D eigenvalue weighted by Crippen LogP contribution is 2.30. The molecule has 1 heterocycles. The second-order valence-corrected chi connectivity index (χ2v) is 5.14. The van der Waals surface area contributed by atoms with Crippen molar-refractivity contribution in [1.29, 1.82) is 0 Å². The van der Waals surface area contributed by atoms with E-state index in [1.807, 2.05) is 13.0 Å². The maximum absolute atomic E-state index is 13.9. The van der Waals surface area contributed by atoms with Gasteiger partial charge in [-0.05, 0) is 31.4 Å². The van der Waals surface area contributed by atoms with Crippen LogP contribution < -0.4 is 16.0 Å². The molecular formula is C15H20FN3O. The molecule has 0 unspecified atom stereocenters. The van der Waals surface area contributed by atoms with Gasteiger partial charge < -0.3 is 10.2 Å². The highest BCUT2D eigenvalue weighted by molar-refractivity contribution is 5.92. The Bertz CT molecular complexity index is 614. The van der Waals surface area contributed by atoms with Gasteiger partial charge in [-0.2, -0.15) is 0 Å². The lowest BCUT2D eigenvalue weighted by molar-refractivity contribution is 0.322. The highest BCUT2D eigenvalue weighted by Gasteiger charge is 2.12. The van der Waals surface area contributed by atoms with Gasteiger partial charge in [-0.1, -0.05) is 13.8 Å². The van der Waals surface area contributed by atoms with E-state index in [1.165, 1.54) is 6.07 Å². The van der Waals surface area contributed by atoms with E-state index in [4.69, 9.17) is 10.6 Å². The molecule has 1 aromatic carbocycles. The van der Waals surface area contributed by atoms with Crippen LogP contribution in [0.15, 0.2) is 18.2 Å². The summed E-state index contributed by atoms with van der Waals surface area (Å²) in [4.78, 5) is 4.49. The quantitative estimate of drug-likeness (QED) is 0.650. The number of nitrogens with one attached hydrogen (secondary N) is 1. The van der Waals surface area contributed by atoms with Crippen molar-refractivity contribution in [2.75, 3.05) is 12.0 Å². The molecule has 0 amide bonds. The van der Waals surface area contributed by atoms with Crippen molar-refractivity contribution in [3.8, 4) is 5.75 Å². The Hall–Kier alpha value is -1.88. The van der Waals surface area contributed by atoms with Gasteiger partial charge in [0.25, 0.3) is 0 Å². The third-order valence-corrected chi connectivity index (χ3v) is 2.99. The molecule has 0 spiro atoms. The minimum atomic E-state index is -0.406. The number of benzene rings is 1. The van der Waals surface area contributed by atoms with Crippen LogP contribution in [0.25, 0.3) is 10.9 Å². The molecule has 5 heteroatoms. The third-order valence-electron chi connectivity index (χ3n) is 2.99. The van der Waals surface area contributed by atoms with Crippen LogP contribution in [0, 0.1) is 11.7 Å². The van der Waals surface area contributed by atoms with Crippen molar-refractivity contribution in [2.45, 2.75) is 27.2 Å². The Balaban J connectivity index is 2.58. The number of nitrogen functional groups attached to an aromatic ring is 1. The van der Waals surface area contributed by atoms with Gasteiger partial charge in [0.05, 0.1) is 17.8 Å². The number of anilines is 1. The molecule has 0 bridgehead atoms. The molecule has 0 fully saturated rings. The fraction of sp³-hybridized carbons (Fsp3) is 0.400. The summed E-state index contributed by atoms with van der Waals surface area (Å²) in [6, 6.07) is 4.93. The predicted octanol–water partition coefficient (Wildman–Crippen LogP) is 3.26. The van der Waals surface area contributed by atoms with Crippen LogP contribution in [0.4, 0.5) is 10.1 Å². The third kappa shape index (κ3) is 2.99. The second kappa shape index (κ2) is 6.05. The molecule has 0 atom stereocenters. The van der Waals surface area contributed by atoms with Crippen LogP contribution in [0.5, 0.6) is 5.75 Å². The fourth-order valence-electron chi connectivity index (χ4n) is 2.19. The number of fused-ring (bicyclic) bond motifs is 1. The normalized spacial score (nSPS) is 11.1. The lowest BCUT2D eigenvalue weighted by Crippen LogP contribution is -2.09. The fourth-order valence-corrected chi connectivity index (χ4v) is 2.19. The van der Waals surface area contributed by atoms with E-state index in [0.29, 0.717) is 18.0 Å². The van der Waals surface area contributed by atoms with Gasteiger partial charge in [0.2, 0.25) is 0 Å². The Morgan fingerprint density at radius 3 is 2.70 bits per heavy atom. The summed E-state index contributed by atoms with van der Waals surface area (Å²) in [5.41, 5.74) is 4.86. The molecule has 3 N–H and O–H groups in total. The van der Waals surface area contributed by atoms with Gasteiger partial charge in [0.1, 0.15) is 0 Å². The molecule has 0 radical (unpaired) electrons. The van der Waals surface area contributed by atoms with Crippen molar-refractivity contribution < 1.29 is 9.13 Å². The molecule has 2 rings (SSSR count). The molecule has 20 heavy (non-hydrogen) atoms. The first-order chi connectivity index (χ1) is 9.55. The SMILES string of the molecule is CCOc1cc2c(NN)cc(CC(C)C)nc2cc1F. The maximum atomic E-state index is 13.9. The van der Waals surface area contributed by atoms with Crippen LogP contribution in [0.3, 0.4) is 0 Å². The predicted molar refractivity (Wildman–Crippen MR) is 79.2 cm³/mol. The number of hydrogen-bond acceptors (Lipinski definition) is 4. The first kappa shape index (κ1) is 14.5. The van der Waals surface area contributed by atoms with Crippen LogP contribution in [0.2, 0.25) is 0 Å². The van der Waals surface area contributed by atoms with Crippen molar-refractivity contribution in [3.05, 3.63) is 29.7 Å². The molecule has 0 saturated carbocycles. The van der Waals surface area contributed by atoms with Gasteiger partial charge in [-0.25, -0.2) is 4.39 Å². The average Bonchev–Trinajstić information content (AvgIpc) is 2.38. The summed E-state index contributed by atoms with van der Waals surface area (Å²) in [5, 5.41) is 0.754. The van der Waals surface area contributed by atoms with Crippen LogP contribution in [-0.4, -0.2) is 11.6 Å². The molecular weight excluding hydrogens is 257 g/mol. The maximum Gasteiger partial charge on any atom is 0.167 e. The Morgan fingerprint density at radius 2 is 2.10 bits per heavy atom. The zero-order chi connectivity index (χ0) is 14.7. The Morgan fingerprint density at radius 1 is 1.35 bits per heavy atom. The standard InChI is InChI=1S/C15H20FN3O/c1-4-20-15-7-11-13(8-12(15)16)18-10(5-9(2)3)6-14(11)19-17/h6-9H,4-5,17H2,1-3H3,(H,18,19). The number of pyridine rings is 1. The molecule has 0 aliphatic rings. The number of ether oxygens (including phenoxy) is 1. The van der Waals surface area contributed by atoms with E-state index in [-0.39, 0.29) is 5.75 Å². The largest absolute Gasteiger partial charge is 0.491 e. The van der Waals surface area contributed by atoms with E-state index in [2.05, 4.69) is 24.3 Å². The van der Waals surface area contributed by atoms with Crippen LogP contribution in [0.1, 0.15) is 26.5 Å². The molecule has 108 valence electrons. The van der Waals surface area contributed by atoms with Crippen molar-refractivity contribution >= 4 is 16.6 Å². The van der Waals surface area contributed by atoms with E-state index in [9.17, 15) is 4.39 Å². The van der Waals surface area contributed by atoms with Crippen LogP contribution >= 0.6 is 0 Å². The summed E-state index contributed by atoms with van der Waals surface area (Å²) in [5.74, 6) is 5.85. The lowest BCUT2D eigenvalue weighted by Gasteiger charge is -2.12. The van der Waals surface area contributed by atoms with Gasteiger partial charge in [0, 0.05) is 17.1 Å². The number of aromatic nitrogens is 1. The minimum absolute atomic E-state index is 0.218. The molecule has 1 aromatic heterocycles. The molecule has 0 aliphatic heterocycles. The summed E-state index contributed by atoms with van der Waals surface area (Å²) in [7, 11) is 0. The zero-order valence-electron chi connectivity index (χ0n) is 12.0. The van der Waals surface area contributed by atoms with Gasteiger partial charge in [-0.3, -0.25) is 10.8 Å². The van der Waals surface area contributed by atoms with Gasteiger partial charge >= 0.3 is 0 Å². The highest BCUT2D eigenvalue weighted by atomic mass is 19.1. The number of halogens is 1. The van der Waals surface area contributed by atoms with Crippen molar-refractivity contribution in [3.63, 3.8) is 0 Å².